The zero-order valence-electron chi connectivity index (χ0n) is 10.0. The molecule has 0 spiro atoms. The number of hydrogen-bond donors (Lipinski definition) is 1. The van der Waals surface area contributed by atoms with E-state index < -0.39 is 18.8 Å². The minimum Gasteiger partial charge on any atom is -0.378 e. The molecule has 2 heterocycles. The highest BCUT2D eigenvalue weighted by Crippen LogP contribution is 2.28. The van der Waals surface area contributed by atoms with Crippen LogP contribution in [0.1, 0.15) is 19.3 Å². The number of nitrogens with one attached hydrogen (secondary N) is 1. The van der Waals surface area contributed by atoms with E-state index in [1.54, 1.807) is 0 Å². The van der Waals surface area contributed by atoms with Crippen LogP contribution in [-0.4, -0.2) is 49.5 Å². The van der Waals surface area contributed by atoms with Crippen molar-refractivity contribution in [3.63, 3.8) is 0 Å². The van der Waals surface area contributed by atoms with Crippen molar-refractivity contribution in [1.82, 2.24) is 10.2 Å². The van der Waals surface area contributed by atoms with Crippen LogP contribution in [0, 0.1) is 5.92 Å². The SMILES string of the molecule is O=C(NCC(F)(F)F)N1CCC2OCCCC2C1. The van der Waals surface area contributed by atoms with Crippen LogP contribution in [0.3, 0.4) is 0 Å². The lowest BCUT2D eigenvalue weighted by molar-refractivity contribution is -0.123. The highest BCUT2D eigenvalue weighted by Gasteiger charge is 2.35. The van der Waals surface area contributed by atoms with Gasteiger partial charge in [-0.25, -0.2) is 4.79 Å². The summed E-state index contributed by atoms with van der Waals surface area (Å²) in [7, 11) is 0. The second-order valence-electron chi connectivity index (χ2n) is 4.82. The summed E-state index contributed by atoms with van der Waals surface area (Å²) in [4.78, 5) is 13.1. The van der Waals surface area contributed by atoms with E-state index in [9.17, 15) is 18.0 Å². The number of fused-ring (bicyclic) bond motifs is 1. The van der Waals surface area contributed by atoms with Crippen LogP contribution in [0.15, 0.2) is 0 Å². The number of carbonyl (C=O) groups is 1. The van der Waals surface area contributed by atoms with Crippen LogP contribution in [0.25, 0.3) is 0 Å². The normalized spacial score (nSPS) is 28.7. The van der Waals surface area contributed by atoms with Crippen molar-refractivity contribution in [2.24, 2.45) is 5.92 Å². The highest BCUT2D eigenvalue weighted by atomic mass is 19.4. The molecule has 0 bridgehead atoms. The Hall–Kier alpha value is -0.980. The van der Waals surface area contributed by atoms with Gasteiger partial charge in [-0.05, 0) is 19.3 Å². The average Bonchev–Trinajstić information content (AvgIpc) is 2.34. The summed E-state index contributed by atoms with van der Waals surface area (Å²) in [5.74, 6) is 0.268. The van der Waals surface area contributed by atoms with Crippen molar-refractivity contribution in [2.75, 3.05) is 26.2 Å². The van der Waals surface area contributed by atoms with Gasteiger partial charge in [-0.2, -0.15) is 13.2 Å². The monoisotopic (exact) mass is 266 g/mol. The number of hydrogen-bond acceptors (Lipinski definition) is 2. The molecule has 2 saturated heterocycles. The third-order valence-electron chi connectivity index (χ3n) is 3.44. The van der Waals surface area contributed by atoms with Gasteiger partial charge < -0.3 is 15.0 Å². The lowest BCUT2D eigenvalue weighted by Crippen LogP contribution is -2.52. The smallest absolute Gasteiger partial charge is 0.378 e. The van der Waals surface area contributed by atoms with Gasteiger partial charge in [0, 0.05) is 25.6 Å². The molecule has 0 aromatic carbocycles. The first kappa shape index (κ1) is 13.5. The number of amides is 2. The van der Waals surface area contributed by atoms with Crippen molar-refractivity contribution in [2.45, 2.75) is 31.5 Å². The summed E-state index contributed by atoms with van der Waals surface area (Å²) < 4.78 is 41.6. The van der Waals surface area contributed by atoms with Crippen molar-refractivity contribution in [3.8, 4) is 0 Å². The molecule has 0 saturated carbocycles. The molecule has 2 aliphatic rings. The van der Waals surface area contributed by atoms with Gasteiger partial charge in [0.1, 0.15) is 6.54 Å². The number of urea groups is 1. The summed E-state index contributed by atoms with van der Waals surface area (Å²) in [5, 5.41) is 1.91. The number of ether oxygens (including phenoxy) is 1. The number of carbonyl (C=O) groups excluding carboxylic acids is 1. The second-order valence-corrected chi connectivity index (χ2v) is 4.82. The Kier molecular flexibility index (Phi) is 3.99. The van der Waals surface area contributed by atoms with Crippen molar-refractivity contribution < 1.29 is 22.7 Å². The van der Waals surface area contributed by atoms with Crippen molar-refractivity contribution in [1.29, 1.82) is 0 Å². The maximum Gasteiger partial charge on any atom is 0.405 e. The molecule has 2 atom stereocenters. The molecule has 7 heteroatoms. The Labute approximate surface area is 103 Å². The van der Waals surface area contributed by atoms with E-state index in [1.165, 1.54) is 4.90 Å². The molecule has 2 unspecified atom stereocenters. The highest BCUT2D eigenvalue weighted by molar-refractivity contribution is 5.74. The van der Waals surface area contributed by atoms with Gasteiger partial charge in [0.2, 0.25) is 0 Å². The molecule has 104 valence electrons. The molecule has 0 aromatic heterocycles. The number of alkyl halides is 3. The van der Waals surface area contributed by atoms with Gasteiger partial charge >= 0.3 is 12.2 Å². The third kappa shape index (κ3) is 3.51. The topological polar surface area (TPSA) is 41.6 Å². The quantitative estimate of drug-likeness (QED) is 0.785. The lowest BCUT2D eigenvalue weighted by Gasteiger charge is -2.40. The number of nitrogens with zero attached hydrogens (tertiary/aromatic N) is 1. The maximum absolute atomic E-state index is 12.0. The van der Waals surface area contributed by atoms with E-state index in [-0.39, 0.29) is 12.0 Å². The molecule has 18 heavy (non-hydrogen) atoms. The van der Waals surface area contributed by atoms with E-state index >= 15 is 0 Å². The molecule has 0 radical (unpaired) electrons. The van der Waals surface area contributed by atoms with Gasteiger partial charge in [0.05, 0.1) is 6.10 Å². The molecule has 0 aliphatic carbocycles. The Morgan fingerprint density at radius 1 is 1.39 bits per heavy atom. The second kappa shape index (κ2) is 5.34. The Balaban J connectivity index is 1.81. The lowest BCUT2D eigenvalue weighted by atomic mass is 9.89. The van der Waals surface area contributed by atoms with Gasteiger partial charge in [0.15, 0.2) is 0 Å². The predicted octanol–water partition coefficient (Wildman–Crippen LogP) is 1.76. The summed E-state index contributed by atoms with van der Waals surface area (Å²) in [5.41, 5.74) is 0. The first-order valence-corrected chi connectivity index (χ1v) is 6.17. The van der Waals surface area contributed by atoms with Gasteiger partial charge in [-0.1, -0.05) is 0 Å². The van der Waals surface area contributed by atoms with E-state index in [2.05, 4.69) is 0 Å². The molecule has 4 nitrogen and oxygen atoms in total. The number of rotatable bonds is 1. The molecule has 1 N–H and O–H groups in total. The fourth-order valence-electron chi connectivity index (χ4n) is 2.56. The number of piperidine rings is 1. The molecule has 2 aliphatic heterocycles. The fourth-order valence-corrected chi connectivity index (χ4v) is 2.56. The average molecular weight is 266 g/mol. The molecule has 2 fully saturated rings. The van der Waals surface area contributed by atoms with E-state index in [0.29, 0.717) is 19.5 Å². The molecular weight excluding hydrogens is 249 g/mol. The van der Waals surface area contributed by atoms with Crippen LogP contribution < -0.4 is 5.32 Å². The summed E-state index contributed by atoms with van der Waals surface area (Å²) >= 11 is 0. The van der Waals surface area contributed by atoms with Crippen molar-refractivity contribution >= 4 is 6.03 Å². The zero-order chi connectivity index (χ0) is 13.2. The van der Waals surface area contributed by atoms with E-state index in [1.807, 2.05) is 5.32 Å². The van der Waals surface area contributed by atoms with E-state index in [4.69, 9.17) is 4.74 Å². The Bertz CT molecular complexity index is 309. The van der Waals surface area contributed by atoms with Crippen LogP contribution in [-0.2, 0) is 4.74 Å². The molecule has 2 amide bonds. The fraction of sp³-hybridized carbons (Fsp3) is 0.909. The number of likely N-dealkylation sites (tertiary alicyclic amines) is 1. The molecule has 2 rings (SSSR count). The largest absolute Gasteiger partial charge is 0.405 e. The zero-order valence-corrected chi connectivity index (χ0v) is 10.0. The first-order valence-electron chi connectivity index (χ1n) is 6.17. The van der Waals surface area contributed by atoms with Gasteiger partial charge in [-0.15, -0.1) is 0 Å². The van der Waals surface area contributed by atoms with Crippen LogP contribution >= 0.6 is 0 Å². The minimum absolute atomic E-state index is 0.172. The van der Waals surface area contributed by atoms with Crippen LogP contribution in [0.4, 0.5) is 18.0 Å². The molecular formula is C11H17F3N2O2. The Morgan fingerprint density at radius 2 is 2.17 bits per heavy atom. The Morgan fingerprint density at radius 3 is 2.89 bits per heavy atom. The van der Waals surface area contributed by atoms with Crippen LogP contribution in [0.2, 0.25) is 0 Å². The van der Waals surface area contributed by atoms with Gasteiger partial charge in [-0.3, -0.25) is 0 Å². The predicted molar refractivity (Wildman–Crippen MR) is 58.1 cm³/mol. The summed E-state index contributed by atoms with van der Waals surface area (Å²) in [6.45, 7) is 0.438. The summed E-state index contributed by atoms with van der Waals surface area (Å²) in [6, 6.07) is -0.628. The maximum atomic E-state index is 12.0. The third-order valence-corrected chi connectivity index (χ3v) is 3.44. The minimum atomic E-state index is -4.36. The first-order chi connectivity index (χ1) is 8.46. The van der Waals surface area contributed by atoms with Gasteiger partial charge in [0.25, 0.3) is 0 Å². The van der Waals surface area contributed by atoms with E-state index in [0.717, 1.165) is 19.4 Å². The standard InChI is InChI=1S/C11H17F3N2O2/c12-11(13,14)7-15-10(17)16-4-3-9-8(6-16)2-1-5-18-9/h8-9H,1-7H2,(H,15,17). The molecule has 0 aromatic rings. The summed E-state index contributed by atoms with van der Waals surface area (Å²) in [6.07, 6.45) is -1.54. The van der Waals surface area contributed by atoms with Crippen LogP contribution in [0.5, 0.6) is 0 Å². The van der Waals surface area contributed by atoms with Crippen molar-refractivity contribution in [3.05, 3.63) is 0 Å². The number of halogens is 3.